The molecule has 0 aliphatic carbocycles. The Morgan fingerprint density at radius 1 is 1.57 bits per heavy atom. The number of nitrogens with zero attached hydrogens (tertiary/aromatic N) is 1. The van der Waals surface area contributed by atoms with E-state index < -0.39 is 0 Å². The van der Waals surface area contributed by atoms with Gasteiger partial charge in [-0.15, -0.1) is 0 Å². The summed E-state index contributed by atoms with van der Waals surface area (Å²) in [4.78, 5) is 12.4. The zero-order chi connectivity index (χ0) is 9.97. The van der Waals surface area contributed by atoms with Gasteiger partial charge in [0.25, 0.3) is 0 Å². The molecule has 0 spiro atoms. The molecule has 0 saturated heterocycles. The highest BCUT2D eigenvalue weighted by Crippen LogP contribution is 2.33. The quantitative estimate of drug-likeness (QED) is 0.659. The predicted molar refractivity (Wildman–Crippen MR) is 51.9 cm³/mol. The van der Waals surface area contributed by atoms with Crippen LogP contribution < -0.4 is 14.4 Å². The van der Waals surface area contributed by atoms with Crippen molar-refractivity contribution < 1.29 is 14.3 Å². The van der Waals surface area contributed by atoms with Crippen molar-refractivity contribution in [1.82, 2.24) is 0 Å². The van der Waals surface area contributed by atoms with E-state index in [1.54, 1.807) is 18.1 Å². The maximum absolute atomic E-state index is 10.8. The number of methoxy groups -OCH3 is 1. The molecule has 0 radical (unpaired) electrons. The number of amides is 1. The molecule has 2 rings (SSSR count). The van der Waals surface area contributed by atoms with Crippen LogP contribution in [0.5, 0.6) is 11.5 Å². The average molecular weight is 193 g/mol. The van der Waals surface area contributed by atoms with Crippen LogP contribution in [0.25, 0.3) is 0 Å². The van der Waals surface area contributed by atoms with E-state index in [1.807, 2.05) is 12.1 Å². The molecule has 0 fully saturated rings. The van der Waals surface area contributed by atoms with Crippen LogP contribution in [0.1, 0.15) is 0 Å². The van der Waals surface area contributed by atoms with Crippen LogP contribution in [-0.2, 0) is 4.79 Å². The van der Waals surface area contributed by atoms with E-state index in [9.17, 15) is 4.79 Å². The minimum Gasteiger partial charge on any atom is -0.497 e. The van der Waals surface area contributed by atoms with Gasteiger partial charge < -0.3 is 14.4 Å². The summed E-state index contributed by atoms with van der Waals surface area (Å²) in [7, 11) is 1.59. The maximum Gasteiger partial charge on any atom is 0.214 e. The van der Waals surface area contributed by atoms with E-state index in [1.165, 1.54) is 0 Å². The minimum absolute atomic E-state index is 0.540. The largest absolute Gasteiger partial charge is 0.497 e. The van der Waals surface area contributed by atoms with Crippen molar-refractivity contribution in [2.75, 3.05) is 25.2 Å². The lowest BCUT2D eigenvalue weighted by Crippen LogP contribution is -2.31. The van der Waals surface area contributed by atoms with Gasteiger partial charge in [-0.05, 0) is 12.1 Å². The first-order valence-electron chi connectivity index (χ1n) is 4.38. The molecule has 1 aliphatic rings. The molecule has 0 N–H and O–H groups in total. The van der Waals surface area contributed by atoms with Gasteiger partial charge in [-0.25, -0.2) is 0 Å². The molecular formula is C10H11NO3. The second-order valence-electron chi connectivity index (χ2n) is 2.98. The summed E-state index contributed by atoms with van der Waals surface area (Å²) in [6.45, 7) is 1.13. The highest BCUT2D eigenvalue weighted by atomic mass is 16.5. The Morgan fingerprint density at radius 2 is 2.43 bits per heavy atom. The van der Waals surface area contributed by atoms with Gasteiger partial charge in [-0.1, -0.05) is 0 Å². The summed E-state index contributed by atoms with van der Waals surface area (Å²) in [5.74, 6) is 1.45. The first-order valence-corrected chi connectivity index (χ1v) is 4.38. The molecule has 1 aliphatic heterocycles. The molecule has 0 bridgehead atoms. The second kappa shape index (κ2) is 3.57. The van der Waals surface area contributed by atoms with Crippen molar-refractivity contribution in [1.29, 1.82) is 0 Å². The minimum atomic E-state index is 0.540. The first-order chi connectivity index (χ1) is 6.85. The van der Waals surface area contributed by atoms with Gasteiger partial charge in [0.1, 0.15) is 18.1 Å². The number of ether oxygens (including phenoxy) is 2. The molecule has 0 aromatic heterocycles. The number of benzene rings is 1. The summed E-state index contributed by atoms with van der Waals surface area (Å²) in [6.07, 6.45) is 0.806. The molecule has 0 saturated carbocycles. The van der Waals surface area contributed by atoms with Crippen molar-refractivity contribution in [3.8, 4) is 11.5 Å². The molecule has 4 nitrogen and oxygen atoms in total. The molecule has 1 heterocycles. The van der Waals surface area contributed by atoms with Crippen LogP contribution in [0.2, 0.25) is 0 Å². The molecule has 1 aromatic rings. The number of rotatable bonds is 2. The molecule has 0 atom stereocenters. The van der Waals surface area contributed by atoms with E-state index in [2.05, 4.69) is 0 Å². The molecule has 14 heavy (non-hydrogen) atoms. The average Bonchev–Trinajstić information content (AvgIpc) is 2.27. The third-order valence-electron chi connectivity index (χ3n) is 2.19. The fraction of sp³-hybridized carbons (Fsp3) is 0.300. The number of carbonyl (C=O) groups excluding carboxylic acids is 1. The van der Waals surface area contributed by atoms with Crippen molar-refractivity contribution in [2.24, 2.45) is 0 Å². The van der Waals surface area contributed by atoms with E-state index in [4.69, 9.17) is 9.47 Å². The molecule has 1 aromatic carbocycles. The summed E-state index contributed by atoms with van der Waals surface area (Å²) in [5, 5.41) is 0. The van der Waals surface area contributed by atoms with Crippen molar-refractivity contribution in [3.63, 3.8) is 0 Å². The van der Waals surface area contributed by atoms with Crippen molar-refractivity contribution in [3.05, 3.63) is 18.2 Å². The predicted octanol–water partition coefficient (Wildman–Crippen LogP) is 1.05. The van der Waals surface area contributed by atoms with E-state index in [0.717, 1.165) is 23.6 Å². The smallest absolute Gasteiger partial charge is 0.214 e. The van der Waals surface area contributed by atoms with Crippen LogP contribution in [0.3, 0.4) is 0 Å². The molecule has 4 heteroatoms. The van der Waals surface area contributed by atoms with Gasteiger partial charge in [-0.2, -0.15) is 0 Å². The maximum atomic E-state index is 10.8. The highest BCUT2D eigenvalue weighted by molar-refractivity contribution is 5.80. The van der Waals surface area contributed by atoms with Gasteiger partial charge in [-0.3, -0.25) is 4.79 Å². The number of hydrogen-bond acceptors (Lipinski definition) is 3. The fourth-order valence-electron chi connectivity index (χ4n) is 1.45. The molecular weight excluding hydrogens is 182 g/mol. The van der Waals surface area contributed by atoms with Gasteiger partial charge in [0, 0.05) is 6.07 Å². The number of anilines is 1. The third kappa shape index (κ3) is 1.39. The number of carbonyl (C=O) groups is 1. The topological polar surface area (TPSA) is 38.8 Å². The molecule has 74 valence electrons. The van der Waals surface area contributed by atoms with E-state index >= 15 is 0 Å². The van der Waals surface area contributed by atoms with Crippen LogP contribution in [-0.4, -0.2) is 26.7 Å². The van der Waals surface area contributed by atoms with Crippen molar-refractivity contribution >= 4 is 12.1 Å². The van der Waals surface area contributed by atoms with Gasteiger partial charge in [0.2, 0.25) is 6.41 Å². The Hall–Kier alpha value is -1.71. The zero-order valence-corrected chi connectivity index (χ0v) is 7.90. The lowest BCUT2D eigenvalue weighted by Gasteiger charge is -2.26. The summed E-state index contributed by atoms with van der Waals surface area (Å²) in [6, 6.07) is 5.42. The Morgan fingerprint density at radius 3 is 3.14 bits per heavy atom. The van der Waals surface area contributed by atoms with Gasteiger partial charge in [0.15, 0.2) is 0 Å². The molecule has 1 amide bonds. The van der Waals surface area contributed by atoms with Crippen LogP contribution in [0, 0.1) is 0 Å². The Balaban J connectivity index is 2.43. The normalized spacial score (nSPS) is 14.2. The SMILES string of the molecule is COc1ccc2c(c1)N(C=O)CCO2. The van der Waals surface area contributed by atoms with Gasteiger partial charge in [0.05, 0.1) is 19.3 Å². The third-order valence-corrected chi connectivity index (χ3v) is 2.19. The summed E-state index contributed by atoms with van der Waals surface area (Å²) >= 11 is 0. The van der Waals surface area contributed by atoms with Crippen LogP contribution in [0.15, 0.2) is 18.2 Å². The highest BCUT2D eigenvalue weighted by Gasteiger charge is 2.17. The summed E-state index contributed by atoms with van der Waals surface area (Å²) in [5.41, 5.74) is 0.769. The first kappa shape index (κ1) is 8.87. The monoisotopic (exact) mass is 193 g/mol. The second-order valence-corrected chi connectivity index (χ2v) is 2.98. The van der Waals surface area contributed by atoms with Crippen LogP contribution >= 0.6 is 0 Å². The van der Waals surface area contributed by atoms with E-state index in [0.29, 0.717) is 13.2 Å². The number of fused-ring (bicyclic) bond motifs is 1. The number of hydrogen-bond donors (Lipinski definition) is 0. The zero-order valence-electron chi connectivity index (χ0n) is 7.90. The fourth-order valence-corrected chi connectivity index (χ4v) is 1.45. The van der Waals surface area contributed by atoms with Crippen LogP contribution in [0.4, 0.5) is 5.69 Å². The Bertz CT molecular complexity index is 351. The Labute approximate surface area is 82.0 Å². The van der Waals surface area contributed by atoms with E-state index in [-0.39, 0.29) is 0 Å². The van der Waals surface area contributed by atoms with Gasteiger partial charge >= 0.3 is 0 Å². The Kier molecular flexibility index (Phi) is 2.26. The lowest BCUT2D eigenvalue weighted by molar-refractivity contribution is -0.107. The molecule has 0 unspecified atom stereocenters. The lowest BCUT2D eigenvalue weighted by atomic mass is 10.2. The standard InChI is InChI=1S/C10H11NO3/c1-13-8-2-3-10-9(6-8)11(7-12)4-5-14-10/h2-3,6-7H,4-5H2,1H3. The van der Waals surface area contributed by atoms with Crippen molar-refractivity contribution in [2.45, 2.75) is 0 Å². The summed E-state index contributed by atoms with van der Waals surface area (Å²) < 4.78 is 10.5.